The van der Waals surface area contributed by atoms with Crippen LogP contribution in [-0.4, -0.2) is 35.9 Å². The highest BCUT2D eigenvalue weighted by Gasteiger charge is 2.28. The number of hydrogen-bond donors (Lipinski definition) is 1. The Kier molecular flexibility index (Phi) is 4.43. The standard InChI is InChI=1S/C17H21N3OS/c1-12-8-14(18-2)9-16(19-12)13-5-6-20(11-13)17(21)10-15-4-3-7-22-15/h3-4,7-9,13H,5-6,10-11H2,1-2H3,(H,18,19). The van der Waals surface area contributed by atoms with E-state index in [2.05, 4.69) is 16.4 Å². The lowest BCUT2D eigenvalue weighted by Gasteiger charge is -2.16. The van der Waals surface area contributed by atoms with Gasteiger partial charge in [0.25, 0.3) is 0 Å². The number of nitrogens with zero attached hydrogens (tertiary/aromatic N) is 2. The van der Waals surface area contributed by atoms with Gasteiger partial charge in [0.2, 0.25) is 5.91 Å². The SMILES string of the molecule is CNc1cc(C)nc(C2CCN(C(=O)Cc3cccs3)C2)c1. The van der Waals surface area contributed by atoms with Gasteiger partial charge in [-0.05, 0) is 36.9 Å². The zero-order chi connectivity index (χ0) is 15.5. The Hall–Kier alpha value is -1.88. The van der Waals surface area contributed by atoms with Crippen molar-refractivity contribution in [2.45, 2.75) is 25.7 Å². The van der Waals surface area contributed by atoms with Gasteiger partial charge in [-0.15, -0.1) is 11.3 Å². The first kappa shape index (κ1) is 15.0. The van der Waals surface area contributed by atoms with Gasteiger partial charge in [-0.3, -0.25) is 9.78 Å². The third kappa shape index (κ3) is 3.30. The number of rotatable bonds is 4. The molecule has 1 aliphatic heterocycles. The number of thiophene rings is 1. The van der Waals surface area contributed by atoms with Gasteiger partial charge >= 0.3 is 0 Å². The number of aryl methyl sites for hydroxylation is 1. The summed E-state index contributed by atoms with van der Waals surface area (Å²) >= 11 is 1.65. The molecule has 2 aromatic heterocycles. The number of pyridine rings is 1. The van der Waals surface area contributed by atoms with Gasteiger partial charge in [-0.2, -0.15) is 0 Å². The minimum absolute atomic E-state index is 0.228. The summed E-state index contributed by atoms with van der Waals surface area (Å²) in [6.45, 7) is 3.63. The summed E-state index contributed by atoms with van der Waals surface area (Å²) in [7, 11) is 1.92. The Labute approximate surface area is 135 Å². The van der Waals surface area contributed by atoms with Crippen LogP contribution in [-0.2, 0) is 11.2 Å². The molecule has 0 spiro atoms. The van der Waals surface area contributed by atoms with Gasteiger partial charge in [0.15, 0.2) is 0 Å². The van der Waals surface area contributed by atoms with Crippen LogP contribution in [0.5, 0.6) is 0 Å². The van der Waals surface area contributed by atoms with E-state index in [1.165, 1.54) is 0 Å². The van der Waals surface area contributed by atoms with Gasteiger partial charge in [0.1, 0.15) is 0 Å². The normalized spacial score (nSPS) is 17.7. The first-order valence-corrected chi connectivity index (χ1v) is 8.50. The molecule has 1 saturated heterocycles. The lowest BCUT2D eigenvalue weighted by Crippen LogP contribution is -2.29. The number of aromatic nitrogens is 1. The molecular weight excluding hydrogens is 294 g/mol. The largest absolute Gasteiger partial charge is 0.388 e. The van der Waals surface area contributed by atoms with E-state index in [1.807, 2.05) is 42.5 Å². The van der Waals surface area contributed by atoms with Gasteiger partial charge in [0, 0.05) is 48.0 Å². The number of nitrogens with one attached hydrogen (secondary N) is 1. The molecule has 5 heteroatoms. The Morgan fingerprint density at radius 1 is 1.50 bits per heavy atom. The molecule has 1 fully saturated rings. The van der Waals surface area contributed by atoms with Crippen LogP contribution in [0.25, 0.3) is 0 Å². The quantitative estimate of drug-likeness (QED) is 0.943. The summed E-state index contributed by atoms with van der Waals surface area (Å²) in [5, 5.41) is 5.20. The fourth-order valence-electron chi connectivity index (χ4n) is 2.95. The van der Waals surface area contributed by atoms with Crippen LogP contribution in [0.4, 0.5) is 5.69 Å². The van der Waals surface area contributed by atoms with Crippen molar-refractivity contribution in [1.82, 2.24) is 9.88 Å². The molecule has 0 aliphatic carbocycles. The smallest absolute Gasteiger partial charge is 0.227 e. The van der Waals surface area contributed by atoms with Crippen molar-refractivity contribution >= 4 is 22.9 Å². The number of anilines is 1. The predicted molar refractivity (Wildman–Crippen MR) is 90.5 cm³/mol. The van der Waals surface area contributed by atoms with E-state index in [4.69, 9.17) is 0 Å². The van der Waals surface area contributed by atoms with Crippen LogP contribution in [0, 0.1) is 6.92 Å². The first-order valence-electron chi connectivity index (χ1n) is 7.62. The average Bonchev–Trinajstić information content (AvgIpc) is 3.17. The fourth-order valence-corrected chi connectivity index (χ4v) is 3.65. The minimum Gasteiger partial charge on any atom is -0.388 e. The molecule has 4 nitrogen and oxygen atoms in total. The molecule has 2 aromatic rings. The maximum Gasteiger partial charge on any atom is 0.227 e. The lowest BCUT2D eigenvalue weighted by atomic mass is 10.0. The molecular formula is C17H21N3OS. The summed E-state index contributed by atoms with van der Waals surface area (Å²) in [5.41, 5.74) is 3.20. The van der Waals surface area contributed by atoms with Crippen LogP contribution in [0.15, 0.2) is 29.6 Å². The molecule has 1 N–H and O–H groups in total. The summed E-state index contributed by atoms with van der Waals surface area (Å²) in [6.07, 6.45) is 1.52. The van der Waals surface area contributed by atoms with Gasteiger partial charge < -0.3 is 10.2 Å². The molecule has 0 saturated carbocycles. The molecule has 0 bridgehead atoms. The predicted octanol–water partition coefficient (Wildman–Crippen LogP) is 3.05. The van der Waals surface area contributed by atoms with E-state index >= 15 is 0 Å². The summed E-state index contributed by atoms with van der Waals surface area (Å²) in [4.78, 5) is 20.2. The summed E-state index contributed by atoms with van der Waals surface area (Å²) < 4.78 is 0. The van der Waals surface area contributed by atoms with E-state index < -0.39 is 0 Å². The zero-order valence-corrected chi connectivity index (χ0v) is 13.8. The Bertz CT molecular complexity index is 654. The molecule has 116 valence electrons. The molecule has 1 amide bonds. The van der Waals surface area contributed by atoms with Crippen molar-refractivity contribution < 1.29 is 4.79 Å². The zero-order valence-electron chi connectivity index (χ0n) is 13.0. The van der Waals surface area contributed by atoms with Crippen LogP contribution < -0.4 is 5.32 Å². The van der Waals surface area contributed by atoms with Crippen LogP contribution >= 0.6 is 11.3 Å². The van der Waals surface area contributed by atoms with Crippen molar-refractivity contribution in [1.29, 1.82) is 0 Å². The fraction of sp³-hybridized carbons (Fsp3) is 0.412. The molecule has 0 aromatic carbocycles. The van der Waals surface area contributed by atoms with Crippen molar-refractivity contribution in [2.75, 3.05) is 25.5 Å². The van der Waals surface area contributed by atoms with Gasteiger partial charge in [-0.1, -0.05) is 6.07 Å². The highest BCUT2D eigenvalue weighted by molar-refractivity contribution is 7.10. The number of hydrogen-bond acceptors (Lipinski definition) is 4. The second-order valence-corrected chi connectivity index (χ2v) is 6.79. The lowest BCUT2D eigenvalue weighted by molar-refractivity contribution is -0.129. The van der Waals surface area contributed by atoms with E-state index in [0.717, 1.165) is 41.5 Å². The topological polar surface area (TPSA) is 45.2 Å². The van der Waals surface area contributed by atoms with E-state index in [-0.39, 0.29) is 5.91 Å². The number of carbonyl (C=O) groups is 1. The molecule has 22 heavy (non-hydrogen) atoms. The second-order valence-electron chi connectivity index (χ2n) is 5.75. The third-order valence-electron chi connectivity index (χ3n) is 4.13. The van der Waals surface area contributed by atoms with E-state index in [9.17, 15) is 4.79 Å². The molecule has 0 radical (unpaired) electrons. The minimum atomic E-state index is 0.228. The second kappa shape index (κ2) is 6.48. The van der Waals surface area contributed by atoms with E-state index in [0.29, 0.717) is 12.3 Å². The van der Waals surface area contributed by atoms with Crippen molar-refractivity contribution in [3.63, 3.8) is 0 Å². The van der Waals surface area contributed by atoms with Gasteiger partial charge in [-0.25, -0.2) is 0 Å². The Balaban J connectivity index is 1.67. The van der Waals surface area contributed by atoms with Crippen LogP contribution in [0.3, 0.4) is 0 Å². The Morgan fingerprint density at radius 2 is 2.36 bits per heavy atom. The van der Waals surface area contributed by atoms with Crippen molar-refractivity contribution in [3.8, 4) is 0 Å². The monoisotopic (exact) mass is 315 g/mol. The molecule has 1 atom stereocenters. The van der Waals surface area contributed by atoms with Crippen LogP contribution in [0.1, 0.15) is 28.6 Å². The van der Waals surface area contributed by atoms with Crippen molar-refractivity contribution in [3.05, 3.63) is 45.9 Å². The van der Waals surface area contributed by atoms with Crippen LogP contribution in [0.2, 0.25) is 0 Å². The summed E-state index contributed by atoms with van der Waals surface area (Å²) in [5.74, 6) is 0.575. The van der Waals surface area contributed by atoms with E-state index in [1.54, 1.807) is 11.3 Å². The maximum atomic E-state index is 12.4. The summed E-state index contributed by atoms with van der Waals surface area (Å²) in [6, 6.07) is 8.16. The maximum absolute atomic E-state index is 12.4. The molecule has 1 aliphatic rings. The number of carbonyl (C=O) groups excluding carboxylic acids is 1. The third-order valence-corrected chi connectivity index (χ3v) is 5.00. The molecule has 1 unspecified atom stereocenters. The molecule has 3 heterocycles. The number of likely N-dealkylation sites (tertiary alicyclic amines) is 1. The van der Waals surface area contributed by atoms with Gasteiger partial charge in [0.05, 0.1) is 6.42 Å². The highest BCUT2D eigenvalue weighted by atomic mass is 32.1. The Morgan fingerprint density at radius 3 is 3.09 bits per heavy atom. The first-order chi connectivity index (χ1) is 10.7. The molecule has 3 rings (SSSR count). The number of amides is 1. The highest BCUT2D eigenvalue weighted by Crippen LogP contribution is 2.28. The van der Waals surface area contributed by atoms with Crippen molar-refractivity contribution in [2.24, 2.45) is 0 Å². The average molecular weight is 315 g/mol.